The lowest BCUT2D eigenvalue weighted by molar-refractivity contribution is 0.102. The summed E-state index contributed by atoms with van der Waals surface area (Å²) in [5.74, 6) is -0.703. The van der Waals surface area contributed by atoms with Gasteiger partial charge in [-0.2, -0.15) is 0 Å². The van der Waals surface area contributed by atoms with Gasteiger partial charge in [-0.05, 0) is 81.6 Å². The third-order valence-electron chi connectivity index (χ3n) is 6.12. The third-order valence-corrected chi connectivity index (χ3v) is 6.12. The first-order chi connectivity index (χ1) is 13.5. The van der Waals surface area contributed by atoms with Crippen LogP contribution in [0.1, 0.15) is 42.1 Å². The Morgan fingerprint density at radius 2 is 2.00 bits per heavy atom. The molecule has 0 radical (unpaired) electrons. The van der Waals surface area contributed by atoms with E-state index in [2.05, 4.69) is 35.0 Å². The highest BCUT2D eigenvalue weighted by Gasteiger charge is 2.33. The lowest BCUT2D eigenvalue weighted by atomic mass is 10.1. The van der Waals surface area contributed by atoms with Gasteiger partial charge in [0.15, 0.2) is 0 Å². The zero-order valence-corrected chi connectivity index (χ0v) is 16.6. The molecule has 2 saturated heterocycles. The summed E-state index contributed by atoms with van der Waals surface area (Å²) >= 11 is 0. The molecular weight excluding hydrogens is 353 g/mol. The number of anilines is 2. The number of halogens is 1. The van der Waals surface area contributed by atoms with E-state index in [1.165, 1.54) is 43.6 Å². The van der Waals surface area contributed by atoms with Crippen LogP contribution in [0.2, 0.25) is 0 Å². The molecule has 2 atom stereocenters. The fraction of sp³-hybridized carbons (Fsp3) is 0.435. The summed E-state index contributed by atoms with van der Waals surface area (Å²) in [6.07, 6.45) is 3.84. The van der Waals surface area contributed by atoms with Crippen molar-refractivity contribution in [1.82, 2.24) is 4.90 Å². The van der Waals surface area contributed by atoms with Crippen molar-refractivity contribution in [2.75, 3.05) is 29.9 Å². The molecule has 5 heteroatoms. The van der Waals surface area contributed by atoms with E-state index in [1.807, 2.05) is 12.1 Å². The summed E-state index contributed by atoms with van der Waals surface area (Å²) in [5, 5.41) is 2.87. The maximum absolute atomic E-state index is 13.3. The van der Waals surface area contributed by atoms with Gasteiger partial charge in [-0.3, -0.25) is 9.69 Å². The smallest absolute Gasteiger partial charge is 0.255 e. The SMILES string of the molecule is Cc1cc(NC(=O)c2cccc(F)c2)ccc1N1CCC(N2CCCC2C)C1. The molecule has 1 N–H and O–H groups in total. The lowest BCUT2D eigenvalue weighted by Crippen LogP contribution is -2.39. The largest absolute Gasteiger partial charge is 0.370 e. The Morgan fingerprint density at radius 1 is 1.14 bits per heavy atom. The molecular formula is C23H28FN3O. The Morgan fingerprint density at radius 3 is 2.71 bits per heavy atom. The van der Waals surface area contributed by atoms with Crippen LogP contribution in [0.5, 0.6) is 0 Å². The van der Waals surface area contributed by atoms with Crippen molar-refractivity contribution < 1.29 is 9.18 Å². The van der Waals surface area contributed by atoms with Gasteiger partial charge < -0.3 is 10.2 Å². The molecule has 2 aliphatic rings. The molecule has 4 rings (SSSR count). The topological polar surface area (TPSA) is 35.6 Å². The maximum Gasteiger partial charge on any atom is 0.255 e. The van der Waals surface area contributed by atoms with Crippen LogP contribution < -0.4 is 10.2 Å². The Bertz CT molecular complexity index is 869. The van der Waals surface area contributed by atoms with Gasteiger partial charge in [0.1, 0.15) is 5.82 Å². The number of carbonyl (C=O) groups is 1. The van der Waals surface area contributed by atoms with E-state index in [9.17, 15) is 9.18 Å². The molecule has 2 aromatic rings. The van der Waals surface area contributed by atoms with Crippen molar-refractivity contribution in [3.05, 3.63) is 59.4 Å². The number of rotatable bonds is 4. The molecule has 28 heavy (non-hydrogen) atoms. The standard InChI is InChI=1S/C23H28FN3O/c1-16-13-20(25-23(28)18-6-3-7-19(24)14-18)8-9-22(16)26-12-10-21(15-26)27-11-4-5-17(27)2/h3,6-9,13-14,17,21H,4-5,10-12,15H2,1-2H3,(H,25,28). The van der Waals surface area contributed by atoms with Crippen LogP contribution in [0.25, 0.3) is 0 Å². The van der Waals surface area contributed by atoms with Gasteiger partial charge in [0.25, 0.3) is 5.91 Å². The second-order valence-corrected chi connectivity index (χ2v) is 8.08. The predicted molar refractivity (Wildman–Crippen MR) is 112 cm³/mol. The number of hydrogen-bond acceptors (Lipinski definition) is 3. The van der Waals surface area contributed by atoms with Crippen molar-refractivity contribution in [2.45, 2.75) is 45.2 Å². The highest BCUT2D eigenvalue weighted by atomic mass is 19.1. The number of hydrogen-bond donors (Lipinski definition) is 1. The summed E-state index contributed by atoms with van der Waals surface area (Å²) in [6.45, 7) is 7.80. The summed E-state index contributed by atoms with van der Waals surface area (Å²) in [6, 6.07) is 13.1. The van der Waals surface area contributed by atoms with Gasteiger partial charge in [-0.25, -0.2) is 4.39 Å². The van der Waals surface area contributed by atoms with E-state index in [4.69, 9.17) is 0 Å². The molecule has 2 heterocycles. The second kappa shape index (κ2) is 7.92. The molecule has 2 aromatic carbocycles. The zero-order chi connectivity index (χ0) is 19.7. The van der Waals surface area contributed by atoms with Gasteiger partial charge in [-0.15, -0.1) is 0 Å². The Hall–Kier alpha value is -2.40. The number of nitrogens with zero attached hydrogens (tertiary/aromatic N) is 2. The van der Waals surface area contributed by atoms with Crippen LogP contribution in [0.3, 0.4) is 0 Å². The first-order valence-corrected chi connectivity index (χ1v) is 10.2. The minimum atomic E-state index is -0.407. The van der Waals surface area contributed by atoms with E-state index in [-0.39, 0.29) is 5.91 Å². The molecule has 0 saturated carbocycles. The summed E-state index contributed by atoms with van der Waals surface area (Å²) in [4.78, 5) is 17.5. The monoisotopic (exact) mass is 381 g/mol. The molecule has 0 aromatic heterocycles. The summed E-state index contributed by atoms with van der Waals surface area (Å²) < 4.78 is 13.3. The average Bonchev–Trinajstić information content (AvgIpc) is 3.30. The molecule has 148 valence electrons. The fourth-order valence-corrected chi connectivity index (χ4v) is 4.65. The molecule has 0 aliphatic carbocycles. The van der Waals surface area contributed by atoms with Gasteiger partial charge in [-0.1, -0.05) is 6.07 Å². The van der Waals surface area contributed by atoms with Crippen molar-refractivity contribution in [2.24, 2.45) is 0 Å². The Balaban J connectivity index is 1.43. The van der Waals surface area contributed by atoms with E-state index >= 15 is 0 Å². The fourth-order valence-electron chi connectivity index (χ4n) is 4.65. The van der Waals surface area contributed by atoms with Crippen LogP contribution in [-0.2, 0) is 0 Å². The van der Waals surface area contributed by atoms with Crippen molar-refractivity contribution >= 4 is 17.3 Å². The first kappa shape index (κ1) is 18.9. The lowest BCUT2D eigenvalue weighted by Gasteiger charge is -2.29. The van der Waals surface area contributed by atoms with Crippen LogP contribution in [0, 0.1) is 12.7 Å². The molecule has 1 amide bonds. The minimum absolute atomic E-state index is 0.295. The number of nitrogens with one attached hydrogen (secondary N) is 1. The maximum atomic E-state index is 13.3. The Kier molecular flexibility index (Phi) is 5.36. The van der Waals surface area contributed by atoms with Gasteiger partial charge in [0, 0.05) is 42.1 Å². The average molecular weight is 381 g/mol. The Labute approximate surface area is 166 Å². The molecule has 4 nitrogen and oxygen atoms in total. The predicted octanol–water partition coefficient (Wildman–Crippen LogP) is 4.45. The molecule has 2 fully saturated rings. The van der Waals surface area contributed by atoms with Gasteiger partial charge in [0.2, 0.25) is 0 Å². The normalized spacial score (nSPS) is 22.6. The number of carbonyl (C=O) groups excluding carboxylic acids is 1. The number of benzene rings is 2. The van der Waals surface area contributed by atoms with Gasteiger partial charge >= 0.3 is 0 Å². The third kappa shape index (κ3) is 3.90. The van der Waals surface area contributed by atoms with E-state index in [0.29, 0.717) is 17.6 Å². The van der Waals surface area contributed by atoms with Crippen LogP contribution in [0.4, 0.5) is 15.8 Å². The van der Waals surface area contributed by atoms with E-state index in [1.54, 1.807) is 12.1 Å². The number of amides is 1. The molecule has 0 bridgehead atoms. The highest BCUT2D eigenvalue weighted by Crippen LogP contribution is 2.31. The van der Waals surface area contributed by atoms with E-state index in [0.717, 1.165) is 24.3 Å². The number of aryl methyl sites for hydroxylation is 1. The molecule has 2 aliphatic heterocycles. The van der Waals surface area contributed by atoms with Crippen LogP contribution in [0.15, 0.2) is 42.5 Å². The van der Waals surface area contributed by atoms with Crippen molar-refractivity contribution in [3.63, 3.8) is 0 Å². The zero-order valence-electron chi connectivity index (χ0n) is 16.6. The minimum Gasteiger partial charge on any atom is -0.370 e. The summed E-state index contributed by atoms with van der Waals surface area (Å²) in [5.41, 5.74) is 3.44. The van der Waals surface area contributed by atoms with Crippen molar-refractivity contribution in [1.29, 1.82) is 0 Å². The first-order valence-electron chi connectivity index (χ1n) is 10.2. The molecule has 2 unspecified atom stereocenters. The number of likely N-dealkylation sites (tertiary alicyclic amines) is 1. The van der Waals surface area contributed by atoms with Crippen LogP contribution >= 0.6 is 0 Å². The van der Waals surface area contributed by atoms with Crippen LogP contribution in [-0.4, -0.2) is 42.5 Å². The van der Waals surface area contributed by atoms with E-state index < -0.39 is 5.82 Å². The molecule has 0 spiro atoms. The quantitative estimate of drug-likeness (QED) is 0.850. The summed E-state index contributed by atoms with van der Waals surface area (Å²) in [7, 11) is 0. The second-order valence-electron chi connectivity index (χ2n) is 8.08. The van der Waals surface area contributed by atoms with Gasteiger partial charge in [0.05, 0.1) is 0 Å². The highest BCUT2D eigenvalue weighted by molar-refractivity contribution is 6.04. The van der Waals surface area contributed by atoms with Crippen molar-refractivity contribution in [3.8, 4) is 0 Å².